The van der Waals surface area contributed by atoms with Crippen molar-refractivity contribution in [2.45, 2.75) is 70.8 Å². The Bertz CT molecular complexity index is 289. The number of piperidine rings is 1. The highest BCUT2D eigenvalue weighted by Gasteiger charge is 2.41. The zero-order valence-electron chi connectivity index (χ0n) is 14.2. The molecule has 2 N–H and O–H groups in total. The van der Waals surface area contributed by atoms with E-state index in [0.717, 1.165) is 18.9 Å². The van der Waals surface area contributed by atoms with Crippen LogP contribution in [-0.2, 0) is 0 Å². The van der Waals surface area contributed by atoms with E-state index in [4.69, 9.17) is 0 Å². The fourth-order valence-corrected chi connectivity index (χ4v) is 4.66. The van der Waals surface area contributed by atoms with Gasteiger partial charge in [-0.15, -0.1) is 0 Å². The molecule has 0 spiro atoms. The zero-order valence-corrected chi connectivity index (χ0v) is 14.2. The van der Waals surface area contributed by atoms with E-state index in [1.807, 2.05) is 0 Å². The maximum atomic E-state index is 9.87. The standard InChI is InChI=1S/C18H36N2O/c1-3-6-16-8-12-20(13-9-16)14-10-17-7-5-11-18(17,15-21)19-4-2/h16-17,19,21H,3-15H2,1-2H3. The van der Waals surface area contributed by atoms with Gasteiger partial charge in [0.15, 0.2) is 0 Å². The molecule has 1 aliphatic heterocycles. The molecule has 21 heavy (non-hydrogen) atoms. The third kappa shape index (κ3) is 4.43. The predicted octanol–water partition coefficient (Wildman–Crippen LogP) is 3.03. The molecule has 0 aromatic heterocycles. The lowest BCUT2D eigenvalue weighted by molar-refractivity contribution is 0.105. The van der Waals surface area contributed by atoms with Gasteiger partial charge in [0, 0.05) is 5.54 Å². The average molecular weight is 296 g/mol. The summed E-state index contributed by atoms with van der Waals surface area (Å²) in [4.78, 5) is 2.67. The Morgan fingerprint density at radius 1 is 1.14 bits per heavy atom. The van der Waals surface area contributed by atoms with Crippen molar-refractivity contribution in [3.05, 3.63) is 0 Å². The molecule has 1 saturated carbocycles. The number of likely N-dealkylation sites (N-methyl/N-ethyl adjacent to an activating group) is 1. The molecular weight excluding hydrogens is 260 g/mol. The lowest BCUT2D eigenvalue weighted by Gasteiger charge is -2.37. The highest BCUT2D eigenvalue weighted by molar-refractivity contribution is 4.99. The summed E-state index contributed by atoms with van der Waals surface area (Å²) in [5.74, 6) is 1.65. The van der Waals surface area contributed by atoms with E-state index in [1.54, 1.807) is 0 Å². The number of nitrogens with zero attached hydrogens (tertiary/aromatic N) is 1. The van der Waals surface area contributed by atoms with E-state index >= 15 is 0 Å². The predicted molar refractivity (Wildman–Crippen MR) is 89.5 cm³/mol. The van der Waals surface area contributed by atoms with E-state index < -0.39 is 0 Å². The maximum Gasteiger partial charge on any atom is 0.0616 e. The second-order valence-corrected chi connectivity index (χ2v) is 7.30. The van der Waals surface area contributed by atoms with Crippen molar-refractivity contribution >= 4 is 0 Å². The molecule has 2 rings (SSSR count). The second-order valence-electron chi connectivity index (χ2n) is 7.30. The van der Waals surface area contributed by atoms with Crippen molar-refractivity contribution in [1.29, 1.82) is 0 Å². The summed E-state index contributed by atoms with van der Waals surface area (Å²) in [6.45, 7) is 9.57. The number of rotatable bonds is 8. The average Bonchev–Trinajstić information content (AvgIpc) is 2.90. The van der Waals surface area contributed by atoms with Crippen molar-refractivity contribution in [3.8, 4) is 0 Å². The van der Waals surface area contributed by atoms with Crippen LogP contribution >= 0.6 is 0 Å². The van der Waals surface area contributed by atoms with Gasteiger partial charge in [0.2, 0.25) is 0 Å². The number of hydrogen-bond acceptors (Lipinski definition) is 3. The van der Waals surface area contributed by atoms with Crippen LogP contribution in [0.1, 0.15) is 65.2 Å². The van der Waals surface area contributed by atoms with Gasteiger partial charge >= 0.3 is 0 Å². The van der Waals surface area contributed by atoms with Crippen molar-refractivity contribution < 1.29 is 5.11 Å². The summed E-state index contributed by atoms with van der Waals surface area (Å²) in [5.41, 5.74) is 0.0231. The molecule has 2 fully saturated rings. The van der Waals surface area contributed by atoms with Gasteiger partial charge in [0.1, 0.15) is 0 Å². The zero-order chi connectivity index (χ0) is 15.1. The molecular formula is C18H36N2O. The monoisotopic (exact) mass is 296 g/mol. The lowest BCUT2D eigenvalue weighted by atomic mass is 9.84. The Morgan fingerprint density at radius 2 is 1.90 bits per heavy atom. The van der Waals surface area contributed by atoms with Crippen LogP contribution in [-0.4, -0.2) is 48.3 Å². The van der Waals surface area contributed by atoms with Gasteiger partial charge in [-0.25, -0.2) is 0 Å². The van der Waals surface area contributed by atoms with Gasteiger partial charge in [-0.05, 0) is 70.1 Å². The lowest BCUT2D eigenvalue weighted by Crippen LogP contribution is -2.52. The number of aliphatic hydroxyl groups is 1. The molecule has 0 amide bonds. The van der Waals surface area contributed by atoms with E-state index in [0.29, 0.717) is 12.5 Å². The molecule has 2 aliphatic rings. The molecule has 0 aromatic rings. The number of hydrogen-bond donors (Lipinski definition) is 2. The minimum atomic E-state index is 0.0231. The third-order valence-electron chi connectivity index (χ3n) is 5.97. The van der Waals surface area contributed by atoms with E-state index in [2.05, 4.69) is 24.1 Å². The minimum Gasteiger partial charge on any atom is -0.394 e. The summed E-state index contributed by atoms with van der Waals surface area (Å²) >= 11 is 0. The number of nitrogens with one attached hydrogen (secondary N) is 1. The molecule has 1 aliphatic carbocycles. The van der Waals surface area contributed by atoms with Crippen molar-refractivity contribution in [2.75, 3.05) is 32.8 Å². The Hall–Kier alpha value is -0.120. The smallest absolute Gasteiger partial charge is 0.0616 e. The van der Waals surface area contributed by atoms with E-state index in [9.17, 15) is 5.11 Å². The summed E-state index contributed by atoms with van der Waals surface area (Å²) in [7, 11) is 0. The first-order valence-electron chi connectivity index (χ1n) is 9.32. The molecule has 2 unspecified atom stereocenters. The summed E-state index contributed by atoms with van der Waals surface area (Å²) in [5, 5.41) is 13.5. The molecule has 0 bridgehead atoms. The minimum absolute atomic E-state index is 0.0231. The fourth-order valence-electron chi connectivity index (χ4n) is 4.66. The highest BCUT2D eigenvalue weighted by atomic mass is 16.3. The topological polar surface area (TPSA) is 35.5 Å². The normalized spacial score (nSPS) is 31.9. The first-order chi connectivity index (χ1) is 10.2. The molecule has 0 radical (unpaired) electrons. The molecule has 3 heteroatoms. The molecule has 2 atom stereocenters. The van der Waals surface area contributed by atoms with Crippen LogP contribution in [0.4, 0.5) is 0 Å². The second kappa shape index (κ2) is 8.50. The molecule has 1 heterocycles. The van der Waals surface area contributed by atoms with Gasteiger partial charge in [0.05, 0.1) is 6.61 Å². The molecule has 0 aromatic carbocycles. The fraction of sp³-hybridized carbons (Fsp3) is 1.00. The van der Waals surface area contributed by atoms with E-state index in [1.165, 1.54) is 64.6 Å². The van der Waals surface area contributed by atoms with Crippen LogP contribution in [0, 0.1) is 11.8 Å². The quantitative estimate of drug-likeness (QED) is 0.723. The van der Waals surface area contributed by atoms with Crippen LogP contribution in [0.15, 0.2) is 0 Å². The largest absolute Gasteiger partial charge is 0.394 e. The van der Waals surface area contributed by atoms with Gasteiger partial charge in [-0.2, -0.15) is 0 Å². The Morgan fingerprint density at radius 3 is 2.52 bits per heavy atom. The van der Waals surface area contributed by atoms with Gasteiger partial charge < -0.3 is 15.3 Å². The Balaban J connectivity index is 1.75. The summed E-state index contributed by atoms with van der Waals surface area (Å²) in [6.07, 6.45) is 10.5. The Kier molecular flexibility index (Phi) is 6.97. The number of aliphatic hydroxyl groups excluding tert-OH is 1. The maximum absolute atomic E-state index is 9.87. The first kappa shape index (κ1) is 17.2. The first-order valence-corrected chi connectivity index (χ1v) is 9.32. The van der Waals surface area contributed by atoms with Crippen LogP contribution in [0.5, 0.6) is 0 Å². The van der Waals surface area contributed by atoms with Crippen LogP contribution < -0.4 is 5.32 Å². The third-order valence-corrected chi connectivity index (χ3v) is 5.97. The van der Waals surface area contributed by atoms with Crippen molar-refractivity contribution in [1.82, 2.24) is 10.2 Å². The SMILES string of the molecule is CCCC1CCN(CCC2CCCC2(CO)NCC)CC1. The molecule has 1 saturated heterocycles. The van der Waals surface area contributed by atoms with E-state index in [-0.39, 0.29) is 5.54 Å². The van der Waals surface area contributed by atoms with Gasteiger partial charge in [-0.3, -0.25) is 0 Å². The van der Waals surface area contributed by atoms with Crippen molar-refractivity contribution in [2.24, 2.45) is 11.8 Å². The molecule has 124 valence electrons. The summed E-state index contributed by atoms with van der Waals surface area (Å²) in [6, 6.07) is 0. The molecule has 3 nitrogen and oxygen atoms in total. The van der Waals surface area contributed by atoms with Gasteiger partial charge in [0.25, 0.3) is 0 Å². The highest BCUT2D eigenvalue weighted by Crippen LogP contribution is 2.38. The summed E-state index contributed by atoms with van der Waals surface area (Å²) < 4.78 is 0. The van der Waals surface area contributed by atoms with Crippen LogP contribution in [0.2, 0.25) is 0 Å². The number of likely N-dealkylation sites (tertiary alicyclic amines) is 1. The van der Waals surface area contributed by atoms with Crippen LogP contribution in [0.3, 0.4) is 0 Å². The Labute approximate surface area is 131 Å². The van der Waals surface area contributed by atoms with Gasteiger partial charge in [-0.1, -0.05) is 33.1 Å². The van der Waals surface area contributed by atoms with Crippen LogP contribution in [0.25, 0.3) is 0 Å². The van der Waals surface area contributed by atoms with Crippen molar-refractivity contribution in [3.63, 3.8) is 0 Å².